The second kappa shape index (κ2) is 9.53. The average Bonchev–Trinajstić information content (AvgIpc) is 3.03. The molecule has 5 nitrogen and oxygen atoms in total. The molecule has 4 rings (SSSR count). The Labute approximate surface area is 185 Å². The molecule has 0 spiro atoms. The quantitative estimate of drug-likeness (QED) is 0.524. The largest absolute Gasteiger partial charge is 0.497 e. The number of anilines is 1. The lowest BCUT2D eigenvalue weighted by Crippen LogP contribution is -2.34. The van der Waals surface area contributed by atoms with Crippen LogP contribution in [0.5, 0.6) is 5.75 Å². The van der Waals surface area contributed by atoms with Gasteiger partial charge in [0.1, 0.15) is 16.4 Å². The predicted octanol–water partition coefficient (Wildman–Crippen LogP) is 4.72. The molecule has 0 saturated carbocycles. The third-order valence-electron chi connectivity index (χ3n) is 4.91. The van der Waals surface area contributed by atoms with Gasteiger partial charge in [-0.25, -0.2) is 0 Å². The molecular weight excluding hydrogens is 408 g/mol. The zero-order valence-corrected chi connectivity index (χ0v) is 17.9. The predicted molar refractivity (Wildman–Crippen MR) is 123 cm³/mol. The van der Waals surface area contributed by atoms with Crippen molar-refractivity contribution in [3.8, 4) is 5.75 Å². The molecule has 3 aromatic carbocycles. The normalized spacial score (nSPS) is 13.6. The topological polar surface area (TPSA) is 58.6 Å². The zero-order valence-electron chi connectivity index (χ0n) is 17.1. The van der Waals surface area contributed by atoms with Crippen LogP contribution in [0.4, 0.5) is 5.69 Å². The number of rotatable bonds is 8. The van der Waals surface area contributed by atoms with Crippen molar-refractivity contribution in [3.63, 3.8) is 0 Å². The Morgan fingerprint density at radius 3 is 2.13 bits per heavy atom. The summed E-state index contributed by atoms with van der Waals surface area (Å²) in [7, 11) is 1.60. The van der Waals surface area contributed by atoms with E-state index in [1.807, 2.05) is 72.8 Å². The molecule has 0 unspecified atom stereocenters. The summed E-state index contributed by atoms with van der Waals surface area (Å²) in [5.41, 5.74) is 2.10. The molecule has 0 aliphatic carbocycles. The minimum atomic E-state index is -0.310. The van der Waals surface area contributed by atoms with E-state index in [1.54, 1.807) is 19.2 Å². The maximum absolute atomic E-state index is 13.2. The molecular formula is C25H22N2O3S. The minimum Gasteiger partial charge on any atom is -0.497 e. The second-order valence-corrected chi connectivity index (χ2v) is 8.05. The first-order valence-corrected chi connectivity index (χ1v) is 10.8. The number of carbonyl (C=O) groups excluding carboxylic acids is 2. The lowest BCUT2D eigenvalue weighted by Gasteiger charge is -2.15. The molecule has 0 fully saturated rings. The lowest BCUT2D eigenvalue weighted by atomic mass is 10.1. The summed E-state index contributed by atoms with van der Waals surface area (Å²) < 4.78 is 5.20. The molecule has 0 saturated heterocycles. The Balaban J connectivity index is 1.59. The number of hydrogen-bond donors (Lipinski definition) is 1. The summed E-state index contributed by atoms with van der Waals surface area (Å²) in [6.07, 6.45) is 0.609. The number of carbonyl (C=O) groups is 2. The zero-order chi connectivity index (χ0) is 21.6. The highest BCUT2D eigenvalue weighted by atomic mass is 32.2. The maximum Gasteiger partial charge on any atom is 0.278 e. The van der Waals surface area contributed by atoms with E-state index in [-0.39, 0.29) is 11.8 Å². The van der Waals surface area contributed by atoms with Crippen LogP contribution in [-0.4, -0.2) is 30.4 Å². The number of imide groups is 1. The van der Waals surface area contributed by atoms with Gasteiger partial charge in [-0.15, -0.1) is 0 Å². The van der Waals surface area contributed by atoms with Gasteiger partial charge in [-0.2, -0.15) is 0 Å². The van der Waals surface area contributed by atoms with E-state index < -0.39 is 0 Å². The van der Waals surface area contributed by atoms with E-state index in [1.165, 1.54) is 16.7 Å². The van der Waals surface area contributed by atoms with Crippen LogP contribution < -0.4 is 10.1 Å². The fourth-order valence-corrected chi connectivity index (χ4v) is 4.24. The summed E-state index contributed by atoms with van der Waals surface area (Å²) in [5.74, 6) is 0.137. The van der Waals surface area contributed by atoms with Gasteiger partial charge >= 0.3 is 0 Å². The Kier molecular flexibility index (Phi) is 6.38. The molecule has 0 radical (unpaired) electrons. The van der Waals surface area contributed by atoms with Crippen molar-refractivity contribution in [1.29, 1.82) is 0 Å². The summed E-state index contributed by atoms with van der Waals surface area (Å²) in [4.78, 5) is 29.0. The SMILES string of the molecule is COc1ccc(NC2=C(Sc3ccccc3)C(=O)N(CCc3ccccc3)C2=O)cc1. The number of nitrogens with zero attached hydrogens (tertiary/aromatic N) is 1. The molecule has 0 aromatic heterocycles. The van der Waals surface area contributed by atoms with Crippen molar-refractivity contribution in [1.82, 2.24) is 4.90 Å². The van der Waals surface area contributed by atoms with Crippen LogP contribution in [0.2, 0.25) is 0 Å². The highest BCUT2D eigenvalue weighted by Crippen LogP contribution is 2.36. The number of benzene rings is 3. The van der Waals surface area contributed by atoms with Crippen LogP contribution in [0.15, 0.2) is 100 Å². The fraction of sp³-hybridized carbons (Fsp3) is 0.120. The standard InChI is InChI=1S/C25H22N2O3S/c1-30-20-14-12-19(13-15-20)26-22-23(31-21-10-6-3-7-11-21)25(29)27(24(22)28)17-16-18-8-4-2-5-9-18/h2-15,26H,16-17H2,1H3. The van der Waals surface area contributed by atoms with Crippen molar-refractivity contribution in [2.75, 3.05) is 19.0 Å². The van der Waals surface area contributed by atoms with Gasteiger partial charge in [-0.05, 0) is 48.4 Å². The van der Waals surface area contributed by atoms with Gasteiger partial charge in [0.25, 0.3) is 11.8 Å². The number of ether oxygens (including phenoxy) is 1. The number of thioether (sulfide) groups is 1. The summed E-state index contributed by atoms with van der Waals surface area (Å²) >= 11 is 1.30. The molecule has 1 aliphatic heterocycles. The third-order valence-corrected chi connectivity index (χ3v) is 6.01. The van der Waals surface area contributed by atoms with Gasteiger partial charge in [-0.3, -0.25) is 14.5 Å². The highest BCUT2D eigenvalue weighted by Gasteiger charge is 2.38. The first kappa shape index (κ1) is 20.8. The Bertz CT molecular complexity index is 1100. The Hall–Kier alpha value is -3.51. The van der Waals surface area contributed by atoms with Crippen LogP contribution in [0.1, 0.15) is 5.56 Å². The van der Waals surface area contributed by atoms with E-state index in [0.717, 1.165) is 16.2 Å². The average molecular weight is 431 g/mol. The van der Waals surface area contributed by atoms with Crippen LogP contribution in [0, 0.1) is 0 Å². The molecule has 1 heterocycles. The molecule has 31 heavy (non-hydrogen) atoms. The van der Waals surface area contributed by atoms with E-state index in [0.29, 0.717) is 29.3 Å². The van der Waals surface area contributed by atoms with Crippen molar-refractivity contribution < 1.29 is 14.3 Å². The number of nitrogens with one attached hydrogen (secondary N) is 1. The van der Waals surface area contributed by atoms with Gasteiger partial charge < -0.3 is 10.1 Å². The smallest absolute Gasteiger partial charge is 0.278 e. The van der Waals surface area contributed by atoms with Crippen molar-refractivity contribution in [3.05, 3.63) is 101 Å². The van der Waals surface area contributed by atoms with Crippen molar-refractivity contribution >= 4 is 29.3 Å². The van der Waals surface area contributed by atoms with Gasteiger partial charge in [0.05, 0.1) is 7.11 Å². The third kappa shape index (κ3) is 4.81. The first-order valence-electron chi connectivity index (χ1n) is 9.94. The Morgan fingerprint density at radius 1 is 0.839 bits per heavy atom. The lowest BCUT2D eigenvalue weighted by molar-refractivity contribution is -0.137. The monoisotopic (exact) mass is 430 g/mol. The molecule has 2 amide bonds. The fourth-order valence-electron chi connectivity index (χ4n) is 3.27. The number of hydrogen-bond acceptors (Lipinski definition) is 5. The molecule has 3 aromatic rings. The van der Waals surface area contributed by atoms with Crippen LogP contribution in [-0.2, 0) is 16.0 Å². The summed E-state index contributed by atoms with van der Waals surface area (Å²) in [6.45, 7) is 0.328. The molecule has 6 heteroatoms. The molecule has 156 valence electrons. The van der Waals surface area contributed by atoms with E-state index in [4.69, 9.17) is 4.74 Å². The van der Waals surface area contributed by atoms with Gasteiger partial charge in [0.2, 0.25) is 0 Å². The van der Waals surface area contributed by atoms with Crippen LogP contribution in [0.25, 0.3) is 0 Å². The van der Waals surface area contributed by atoms with E-state index in [9.17, 15) is 9.59 Å². The Morgan fingerprint density at radius 2 is 1.48 bits per heavy atom. The molecule has 1 aliphatic rings. The van der Waals surface area contributed by atoms with Gasteiger partial charge in [0, 0.05) is 17.1 Å². The summed E-state index contributed by atoms with van der Waals surface area (Å²) in [5, 5.41) is 3.16. The maximum atomic E-state index is 13.2. The molecule has 0 atom stereocenters. The second-order valence-electron chi connectivity index (χ2n) is 6.97. The highest BCUT2D eigenvalue weighted by molar-refractivity contribution is 8.04. The van der Waals surface area contributed by atoms with Gasteiger partial charge in [-0.1, -0.05) is 60.3 Å². The van der Waals surface area contributed by atoms with Crippen LogP contribution in [0.3, 0.4) is 0 Å². The minimum absolute atomic E-state index is 0.272. The van der Waals surface area contributed by atoms with E-state index >= 15 is 0 Å². The number of methoxy groups -OCH3 is 1. The van der Waals surface area contributed by atoms with Crippen molar-refractivity contribution in [2.45, 2.75) is 11.3 Å². The molecule has 1 N–H and O–H groups in total. The first-order chi connectivity index (χ1) is 15.2. The molecule has 0 bridgehead atoms. The van der Waals surface area contributed by atoms with Crippen molar-refractivity contribution in [2.24, 2.45) is 0 Å². The number of amides is 2. The van der Waals surface area contributed by atoms with E-state index in [2.05, 4.69) is 5.32 Å². The van der Waals surface area contributed by atoms with Crippen LogP contribution >= 0.6 is 11.8 Å². The van der Waals surface area contributed by atoms with Gasteiger partial charge in [0.15, 0.2) is 0 Å². The summed E-state index contributed by atoms with van der Waals surface area (Å²) in [6, 6.07) is 26.7.